The van der Waals surface area contributed by atoms with Crippen LogP contribution in [0.25, 0.3) is 0 Å². The fourth-order valence-electron chi connectivity index (χ4n) is 2.54. The number of carbonyl (C=O) groups excluding carboxylic acids is 1. The van der Waals surface area contributed by atoms with E-state index in [1.165, 1.54) is 24.1 Å². The fourth-order valence-corrected chi connectivity index (χ4v) is 2.71. The number of likely N-dealkylation sites (tertiary alicyclic amines) is 1. The minimum absolute atomic E-state index is 0.0978. The van der Waals surface area contributed by atoms with Gasteiger partial charge in [-0.1, -0.05) is 11.6 Å². The maximum absolute atomic E-state index is 13.1. The van der Waals surface area contributed by atoms with Crippen LogP contribution in [0.15, 0.2) is 18.2 Å². The number of hydrogen-bond acceptors (Lipinski definition) is 4. The number of benzene rings is 1. The molecule has 6 nitrogen and oxygen atoms in total. The number of hydrogen-bond donors (Lipinski definition) is 1. The Hall–Kier alpha value is -1.86. The number of carbonyl (C=O) groups is 2. The number of halogens is 2. The molecule has 1 aromatic carbocycles. The van der Waals surface area contributed by atoms with Crippen molar-refractivity contribution in [2.45, 2.75) is 25.0 Å². The third-order valence-corrected chi connectivity index (χ3v) is 3.98. The zero-order valence-electron chi connectivity index (χ0n) is 12.5. The fraction of sp³-hybridized carbons (Fsp3) is 0.467. The lowest BCUT2D eigenvalue weighted by molar-refractivity contribution is -0.140. The van der Waals surface area contributed by atoms with Gasteiger partial charge in [-0.3, -0.25) is 9.59 Å². The lowest BCUT2D eigenvalue weighted by atomic mass is 10.1. The van der Waals surface area contributed by atoms with Crippen molar-refractivity contribution < 1.29 is 28.6 Å². The van der Waals surface area contributed by atoms with Crippen LogP contribution in [-0.2, 0) is 14.3 Å². The normalized spacial score (nSPS) is 20.6. The maximum Gasteiger partial charge on any atom is 0.305 e. The molecular weight excluding hydrogens is 329 g/mol. The van der Waals surface area contributed by atoms with Crippen molar-refractivity contribution in [1.29, 1.82) is 0 Å². The lowest BCUT2D eigenvalue weighted by Gasteiger charge is -2.23. The molecule has 1 N–H and O–H groups in total. The highest BCUT2D eigenvalue weighted by atomic mass is 35.5. The van der Waals surface area contributed by atoms with E-state index in [-0.39, 0.29) is 35.8 Å². The van der Waals surface area contributed by atoms with Crippen LogP contribution in [0.4, 0.5) is 4.39 Å². The molecule has 1 saturated heterocycles. The summed E-state index contributed by atoms with van der Waals surface area (Å²) in [5.41, 5.74) is 0. The van der Waals surface area contributed by atoms with Gasteiger partial charge >= 0.3 is 5.97 Å². The molecular formula is C15H17ClFNO5. The number of aliphatic carboxylic acids is 1. The van der Waals surface area contributed by atoms with E-state index in [4.69, 9.17) is 26.2 Å². The molecule has 1 fully saturated rings. The van der Waals surface area contributed by atoms with E-state index in [0.29, 0.717) is 13.0 Å². The summed E-state index contributed by atoms with van der Waals surface area (Å²) in [6.45, 7) is 0.0370. The highest BCUT2D eigenvalue weighted by Gasteiger charge is 2.36. The van der Waals surface area contributed by atoms with Gasteiger partial charge in [0, 0.05) is 25.8 Å². The average molecular weight is 346 g/mol. The summed E-state index contributed by atoms with van der Waals surface area (Å²) >= 11 is 5.64. The molecule has 0 spiro atoms. The molecule has 0 aromatic heterocycles. The number of amides is 1. The summed E-state index contributed by atoms with van der Waals surface area (Å²) < 4.78 is 23.6. The Bertz CT molecular complexity index is 597. The minimum atomic E-state index is -0.976. The molecule has 1 aliphatic rings. The SMILES string of the molecule is COC1CC(CC(=O)O)N(C(=O)COc2ccc(F)c(Cl)c2)C1. The molecule has 0 bridgehead atoms. The Labute approximate surface area is 137 Å². The Morgan fingerprint density at radius 2 is 2.22 bits per heavy atom. The van der Waals surface area contributed by atoms with Gasteiger partial charge < -0.3 is 19.5 Å². The van der Waals surface area contributed by atoms with Gasteiger partial charge in [0.05, 0.1) is 17.5 Å². The molecule has 2 atom stereocenters. The van der Waals surface area contributed by atoms with Crippen LogP contribution in [0.2, 0.25) is 5.02 Å². The van der Waals surface area contributed by atoms with Gasteiger partial charge in [0.1, 0.15) is 11.6 Å². The number of ether oxygens (including phenoxy) is 2. The summed E-state index contributed by atoms with van der Waals surface area (Å²) in [5, 5.41) is 8.84. The predicted octanol–water partition coefficient (Wildman–Crippen LogP) is 1.95. The lowest BCUT2D eigenvalue weighted by Crippen LogP contribution is -2.40. The van der Waals surface area contributed by atoms with Crippen molar-refractivity contribution >= 4 is 23.5 Å². The van der Waals surface area contributed by atoms with Crippen molar-refractivity contribution in [3.8, 4) is 5.75 Å². The second-order valence-corrected chi connectivity index (χ2v) is 5.66. The number of rotatable bonds is 6. The summed E-state index contributed by atoms with van der Waals surface area (Å²) in [6.07, 6.45) is 0.133. The third kappa shape index (κ3) is 4.56. The molecule has 2 unspecified atom stereocenters. The highest BCUT2D eigenvalue weighted by Crippen LogP contribution is 2.24. The first kappa shape index (κ1) is 17.5. The first-order valence-corrected chi connectivity index (χ1v) is 7.40. The van der Waals surface area contributed by atoms with Crippen LogP contribution in [0, 0.1) is 5.82 Å². The third-order valence-electron chi connectivity index (χ3n) is 3.69. The van der Waals surface area contributed by atoms with Crippen LogP contribution in [-0.4, -0.2) is 54.3 Å². The van der Waals surface area contributed by atoms with Crippen LogP contribution in [0.5, 0.6) is 5.75 Å². The highest BCUT2D eigenvalue weighted by molar-refractivity contribution is 6.30. The summed E-state index contributed by atoms with van der Waals surface area (Å²) in [4.78, 5) is 24.6. The molecule has 126 valence electrons. The first-order valence-electron chi connectivity index (χ1n) is 7.02. The van der Waals surface area contributed by atoms with Crippen molar-refractivity contribution in [1.82, 2.24) is 4.90 Å². The first-order chi connectivity index (χ1) is 10.9. The molecule has 1 aromatic rings. The molecule has 0 radical (unpaired) electrons. The van der Waals surface area contributed by atoms with Gasteiger partial charge in [-0.25, -0.2) is 4.39 Å². The second kappa shape index (κ2) is 7.61. The molecule has 8 heteroatoms. The molecule has 23 heavy (non-hydrogen) atoms. The molecule has 1 aliphatic heterocycles. The molecule has 0 saturated carbocycles. The van der Waals surface area contributed by atoms with Crippen LogP contribution in [0.1, 0.15) is 12.8 Å². The molecule has 2 rings (SSSR count). The van der Waals surface area contributed by atoms with Gasteiger partial charge in [0.25, 0.3) is 5.91 Å². The maximum atomic E-state index is 13.1. The minimum Gasteiger partial charge on any atom is -0.484 e. The van der Waals surface area contributed by atoms with E-state index >= 15 is 0 Å². The Balaban J connectivity index is 1.97. The standard InChI is InChI=1S/C15H17ClFNO5/c1-22-11-4-9(5-15(20)21)18(7-11)14(19)8-23-10-2-3-13(17)12(16)6-10/h2-3,6,9,11H,4-5,7-8H2,1H3,(H,20,21). The zero-order chi connectivity index (χ0) is 17.0. The molecule has 1 amide bonds. The summed E-state index contributed by atoms with van der Waals surface area (Å²) in [5.74, 6) is -1.64. The number of carboxylic acids is 1. The van der Waals surface area contributed by atoms with Crippen molar-refractivity contribution in [2.75, 3.05) is 20.3 Å². The van der Waals surface area contributed by atoms with E-state index in [0.717, 1.165) is 6.07 Å². The average Bonchev–Trinajstić information content (AvgIpc) is 2.90. The zero-order valence-corrected chi connectivity index (χ0v) is 13.3. The van der Waals surface area contributed by atoms with Gasteiger partial charge in [0.2, 0.25) is 0 Å². The quantitative estimate of drug-likeness (QED) is 0.852. The largest absolute Gasteiger partial charge is 0.484 e. The number of methoxy groups -OCH3 is 1. The smallest absolute Gasteiger partial charge is 0.305 e. The van der Waals surface area contributed by atoms with E-state index in [2.05, 4.69) is 0 Å². The van der Waals surface area contributed by atoms with Crippen molar-refractivity contribution in [3.63, 3.8) is 0 Å². The van der Waals surface area contributed by atoms with Gasteiger partial charge in [0.15, 0.2) is 6.61 Å². The van der Waals surface area contributed by atoms with E-state index in [9.17, 15) is 14.0 Å². The van der Waals surface area contributed by atoms with Gasteiger partial charge in [-0.05, 0) is 18.6 Å². The number of carboxylic acid groups (broad SMARTS) is 1. The van der Waals surface area contributed by atoms with Crippen LogP contribution in [0.3, 0.4) is 0 Å². The van der Waals surface area contributed by atoms with Gasteiger partial charge in [-0.2, -0.15) is 0 Å². The van der Waals surface area contributed by atoms with E-state index in [1.807, 2.05) is 0 Å². The molecule has 0 aliphatic carbocycles. The van der Waals surface area contributed by atoms with Crippen LogP contribution < -0.4 is 4.74 Å². The molecule has 1 heterocycles. The van der Waals surface area contributed by atoms with Gasteiger partial charge in [-0.15, -0.1) is 0 Å². The number of nitrogens with zero attached hydrogens (tertiary/aromatic N) is 1. The topological polar surface area (TPSA) is 76.1 Å². The Kier molecular flexibility index (Phi) is 5.79. The Morgan fingerprint density at radius 3 is 2.83 bits per heavy atom. The second-order valence-electron chi connectivity index (χ2n) is 5.26. The van der Waals surface area contributed by atoms with Crippen molar-refractivity contribution in [2.24, 2.45) is 0 Å². The summed E-state index contributed by atoms with van der Waals surface area (Å²) in [7, 11) is 1.52. The van der Waals surface area contributed by atoms with Crippen LogP contribution >= 0.6 is 11.6 Å². The van der Waals surface area contributed by atoms with E-state index in [1.54, 1.807) is 0 Å². The summed E-state index contributed by atoms with van der Waals surface area (Å²) in [6, 6.07) is 3.36. The Morgan fingerprint density at radius 1 is 1.48 bits per heavy atom. The monoisotopic (exact) mass is 345 g/mol. The predicted molar refractivity (Wildman–Crippen MR) is 80.1 cm³/mol. The van der Waals surface area contributed by atoms with Crippen molar-refractivity contribution in [3.05, 3.63) is 29.0 Å². The van der Waals surface area contributed by atoms with E-state index < -0.39 is 17.8 Å².